The molecule has 3 fully saturated rings. The minimum atomic E-state index is -5.08. The van der Waals surface area contributed by atoms with Gasteiger partial charge in [0.25, 0.3) is 0 Å². The number of aromatic nitrogens is 1. The van der Waals surface area contributed by atoms with Gasteiger partial charge in [0.1, 0.15) is 5.82 Å². The molecule has 4 heterocycles. The Labute approximate surface area is 185 Å². The zero-order valence-electron chi connectivity index (χ0n) is 18.1. The predicted molar refractivity (Wildman–Crippen MR) is 114 cm³/mol. The van der Waals surface area contributed by atoms with Crippen molar-refractivity contribution in [3.8, 4) is 0 Å². The van der Waals surface area contributed by atoms with Crippen LogP contribution < -0.4 is 10.6 Å². The van der Waals surface area contributed by atoms with Crippen LogP contribution in [0.25, 0.3) is 0 Å². The molecule has 3 saturated heterocycles. The first-order valence-electron chi connectivity index (χ1n) is 11.2. The average Bonchev–Trinajstić information content (AvgIpc) is 3.03. The molecule has 1 aromatic rings. The molecule has 0 unspecified atom stereocenters. The number of aliphatic carboxylic acids is 1. The molecular formula is C22H31F3N4O3. The molecule has 0 radical (unpaired) electrons. The number of carboxylic acids is 1. The Kier molecular flexibility index (Phi) is 8.10. The van der Waals surface area contributed by atoms with Crippen LogP contribution >= 0.6 is 0 Å². The van der Waals surface area contributed by atoms with Gasteiger partial charge in [0.15, 0.2) is 5.78 Å². The van der Waals surface area contributed by atoms with Crippen LogP contribution in [0.4, 0.5) is 19.0 Å². The lowest BCUT2D eigenvalue weighted by Gasteiger charge is -2.38. The molecule has 7 nitrogen and oxygen atoms in total. The van der Waals surface area contributed by atoms with Crippen LogP contribution in [0.15, 0.2) is 18.3 Å². The Morgan fingerprint density at radius 2 is 1.69 bits per heavy atom. The lowest BCUT2D eigenvalue weighted by molar-refractivity contribution is -0.192. The number of halogens is 3. The van der Waals surface area contributed by atoms with E-state index in [1.165, 1.54) is 32.1 Å². The van der Waals surface area contributed by atoms with E-state index in [-0.39, 0.29) is 5.78 Å². The zero-order valence-corrected chi connectivity index (χ0v) is 18.1. The number of nitrogens with zero attached hydrogens (tertiary/aromatic N) is 3. The summed E-state index contributed by atoms with van der Waals surface area (Å²) in [5.41, 5.74) is 6.91. The normalized spacial score (nSPS) is 25.8. The number of ketones is 1. The number of anilines is 1. The second-order valence-corrected chi connectivity index (χ2v) is 8.81. The summed E-state index contributed by atoms with van der Waals surface area (Å²) in [5, 5.41) is 7.12. The highest BCUT2D eigenvalue weighted by Crippen LogP contribution is 2.37. The SMILES string of the molecule is N[C@H]1C[C@H]2CC[C@@H](C1)N2c1ccc(C(=O)CCN2CCCCC2)cn1.O=C(O)C(F)(F)F. The Balaban J connectivity index is 0.000000360. The fourth-order valence-electron chi connectivity index (χ4n) is 4.88. The van der Waals surface area contributed by atoms with Crippen molar-refractivity contribution in [2.24, 2.45) is 5.73 Å². The third-order valence-corrected chi connectivity index (χ3v) is 6.45. The highest BCUT2D eigenvalue weighted by atomic mass is 19.4. The molecule has 3 aliphatic rings. The quantitative estimate of drug-likeness (QED) is 0.656. The number of fused-ring (bicyclic) bond motifs is 2. The number of carbonyl (C=O) groups excluding carboxylic acids is 1. The number of hydrogen-bond acceptors (Lipinski definition) is 6. The highest BCUT2D eigenvalue weighted by molar-refractivity contribution is 5.96. The summed E-state index contributed by atoms with van der Waals surface area (Å²) in [6.45, 7) is 3.17. The molecule has 10 heteroatoms. The molecule has 0 aromatic carbocycles. The number of nitrogens with two attached hydrogens (primary N) is 1. The fourth-order valence-corrected chi connectivity index (χ4v) is 4.88. The number of likely N-dealkylation sites (tertiary alicyclic amines) is 1. The topological polar surface area (TPSA) is 99.8 Å². The Bertz CT molecular complexity index is 768. The van der Waals surface area contributed by atoms with E-state index >= 15 is 0 Å². The Hall–Kier alpha value is -2.20. The van der Waals surface area contributed by atoms with Crippen molar-refractivity contribution in [1.29, 1.82) is 0 Å². The average molecular weight is 457 g/mol. The minimum Gasteiger partial charge on any atom is -0.475 e. The van der Waals surface area contributed by atoms with Crippen LogP contribution in [-0.4, -0.2) is 70.7 Å². The van der Waals surface area contributed by atoms with Crippen LogP contribution in [0.1, 0.15) is 61.7 Å². The van der Waals surface area contributed by atoms with Crippen LogP contribution in [-0.2, 0) is 4.79 Å². The summed E-state index contributed by atoms with van der Waals surface area (Å²) in [4.78, 5) is 30.9. The molecular weight excluding hydrogens is 425 g/mol. The summed E-state index contributed by atoms with van der Waals surface area (Å²) in [6.07, 6.45) is 5.74. The van der Waals surface area contributed by atoms with E-state index in [0.29, 0.717) is 24.5 Å². The molecule has 2 bridgehead atoms. The second-order valence-electron chi connectivity index (χ2n) is 8.81. The van der Waals surface area contributed by atoms with E-state index in [1.54, 1.807) is 6.20 Å². The van der Waals surface area contributed by atoms with Crippen LogP contribution in [0, 0.1) is 0 Å². The van der Waals surface area contributed by atoms with E-state index in [9.17, 15) is 18.0 Å². The lowest BCUT2D eigenvalue weighted by atomic mass is 9.98. The van der Waals surface area contributed by atoms with Crippen LogP contribution in [0.2, 0.25) is 0 Å². The van der Waals surface area contributed by atoms with Crippen LogP contribution in [0.3, 0.4) is 0 Å². The number of rotatable bonds is 5. The van der Waals surface area contributed by atoms with Crippen molar-refractivity contribution in [3.63, 3.8) is 0 Å². The minimum absolute atomic E-state index is 0.216. The summed E-state index contributed by atoms with van der Waals surface area (Å²) < 4.78 is 31.7. The van der Waals surface area contributed by atoms with Crippen LogP contribution in [0.5, 0.6) is 0 Å². The van der Waals surface area contributed by atoms with Gasteiger partial charge in [0, 0.05) is 42.9 Å². The summed E-state index contributed by atoms with van der Waals surface area (Å²) in [7, 11) is 0. The third-order valence-electron chi connectivity index (χ3n) is 6.45. The molecule has 0 spiro atoms. The van der Waals surface area contributed by atoms with E-state index < -0.39 is 12.1 Å². The van der Waals surface area contributed by atoms with Gasteiger partial charge < -0.3 is 20.6 Å². The number of carbonyl (C=O) groups is 2. The molecule has 3 N–H and O–H groups in total. The number of hydrogen-bond donors (Lipinski definition) is 2. The molecule has 32 heavy (non-hydrogen) atoms. The lowest BCUT2D eigenvalue weighted by Crippen LogP contribution is -2.47. The van der Waals surface area contributed by atoms with Gasteiger partial charge in [-0.1, -0.05) is 6.42 Å². The summed E-state index contributed by atoms with van der Waals surface area (Å²) in [5.74, 6) is -1.52. The highest BCUT2D eigenvalue weighted by Gasteiger charge is 2.40. The van der Waals surface area contributed by atoms with Gasteiger partial charge in [-0.25, -0.2) is 9.78 Å². The predicted octanol–water partition coefficient (Wildman–Crippen LogP) is 3.23. The number of alkyl halides is 3. The largest absolute Gasteiger partial charge is 0.490 e. The summed E-state index contributed by atoms with van der Waals surface area (Å²) >= 11 is 0. The maximum absolute atomic E-state index is 12.5. The van der Waals surface area contributed by atoms with Crippen molar-refractivity contribution in [3.05, 3.63) is 23.9 Å². The maximum Gasteiger partial charge on any atom is 0.490 e. The van der Waals surface area contributed by atoms with E-state index in [1.807, 2.05) is 12.1 Å². The smallest absolute Gasteiger partial charge is 0.475 e. The zero-order chi connectivity index (χ0) is 23.3. The van der Waals surface area contributed by atoms with Crippen molar-refractivity contribution in [2.75, 3.05) is 24.5 Å². The Morgan fingerprint density at radius 3 is 2.19 bits per heavy atom. The molecule has 178 valence electrons. The monoisotopic (exact) mass is 456 g/mol. The molecule has 3 aliphatic heterocycles. The molecule has 0 aliphatic carbocycles. The molecule has 1 aromatic heterocycles. The first-order valence-corrected chi connectivity index (χ1v) is 11.2. The summed E-state index contributed by atoms with van der Waals surface area (Å²) in [6, 6.07) is 5.40. The van der Waals surface area contributed by atoms with Crippen molar-refractivity contribution in [1.82, 2.24) is 9.88 Å². The van der Waals surface area contributed by atoms with Gasteiger partial charge in [-0.15, -0.1) is 0 Å². The van der Waals surface area contributed by atoms with Gasteiger partial charge in [-0.2, -0.15) is 13.2 Å². The second kappa shape index (κ2) is 10.6. The van der Waals surface area contributed by atoms with Gasteiger partial charge in [0.05, 0.1) is 0 Å². The van der Waals surface area contributed by atoms with E-state index in [0.717, 1.165) is 43.9 Å². The molecule has 0 saturated carbocycles. The first-order chi connectivity index (χ1) is 15.1. The standard InChI is InChI=1S/C20H30N4O.C2HF3O2/c21-16-12-17-5-6-18(13-16)24(17)20-7-4-15(14-22-20)19(25)8-11-23-9-2-1-3-10-23;3-2(4,5)1(6)7/h4,7,14,16-18H,1-3,5-6,8-13,21H2;(H,6,7)/t16-,17+,18-;. The molecule has 4 rings (SSSR count). The number of piperidine rings is 2. The first kappa shape index (κ1) is 24.4. The van der Waals surface area contributed by atoms with Crippen molar-refractivity contribution in [2.45, 2.75) is 75.7 Å². The van der Waals surface area contributed by atoms with Crippen molar-refractivity contribution < 1.29 is 27.9 Å². The van der Waals surface area contributed by atoms with E-state index in [4.69, 9.17) is 15.6 Å². The number of carboxylic acid groups (broad SMARTS) is 1. The molecule has 0 amide bonds. The fraction of sp³-hybridized carbons (Fsp3) is 0.682. The third kappa shape index (κ3) is 6.41. The van der Waals surface area contributed by atoms with Crippen molar-refractivity contribution >= 4 is 17.6 Å². The van der Waals surface area contributed by atoms with Gasteiger partial charge in [0.2, 0.25) is 0 Å². The number of Topliss-reactive ketones (excluding diaryl/α,β-unsaturated/α-hetero) is 1. The maximum atomic E-state index is 12.5. The number of pyridine rings is 1. The van der Waals surface area contributed by atoms with E-state index in [2.05, 4.69) is 14.8 Å². The van der Waals surface area contributed by atoms with Gasteiger partial charge >= 0.3 is 12.1 Å². The van der Waals surface area contributed by atoms with Gasteiger partial charge in [-0.3, -0.25) is 4.79 Å². The van der Waals surface area contributed by atoms with Gasteiger partial charge in [-0.05, 0) is 63.7 Å². The molecule has 3 atom stereocenters. The Morgan fingerprint density at radius 1 is 1.09 bits per heavy atom.